The van der Waals surface area contributed by atoms with Crippen molar-refractivity contribution < 1.29 is 8.42 Å². The van der Waals surface area contributed by atoms with Crippen LogP contribution in [0.25, 0.3) is 10.9 Å². The van der Waals surface area contributed by atoms with Crippen LogP contribution in [0.3, 0.4) is 0 Å². The molecule has 21 heavy (non-hydrogen) atoms. The Balaban J connectivity index is 2.06. The first-order valence-electron chi connectivity index (χ1n) is 7.00. The van der Waals surface area contributed by atoms with Crippen molar-refractivity contribution in [2.24, 2.45) is 11.1 Å². The average molecular weight is 305 g/mol. The Morgan fingerprint density at radius 1 is 1.33 bits per heavy atom. The lowest BCUT2D eigenvalue weighted by atomic mass is 9.90. The van der Waals surface area contributed by atoms with Gasteiger partial charge in [0.05, 0.1) is 10.4 Å². The van der Waals surface area contributed by atoms with E-state index in [0.29, 0.717) is 35.4 Å². The van der Waals surface area contributed by atoms with Crippen molar-refractivity contribution in [1.29, 1.82) is 0 Å². The highest BCUT2D eigenvalue weighted by Crippen LogP contribution is 2.34. The van der Waals surface area contributed by atoms with Gasteiger partial charge in [-0.2, -0.15) is 4.31 Å². The van der Waals surface area contributed by atoms with E-state index in [1.807, 2.05) is 13.0 Å². The average Bonchev–Trinajstić information content (AvgIpc) is 2.91. The quantitative estimate of drug-likeness (QED) is 0.934. The molecule has 1 aromatic carbocycles. The van der Waals surface area contributed by atoms with Crippen molar-refractivity contribution in [3.63, 3.8) is 0 Å². The summed E-state index contributed by atoms with van der Waals surface area (Å²) in [6.07, 6.45) is 2.46. The molecule has 3 rings (SSSR count). The Morgan fingerprint density at radius 3 is 2.86 bits per heavy atom. The zero-order chi connectivity index (χ0) is 15.1. The molecule has 5 nitrogen and oxygen atoms in total. The van der Waals surface area contributed by atoms with Crippen LogP contribution < -0.4 is 5.73 Å². The van der Waals surface area contributed by atoms with Crippen LogP contribution in [-0.2, 0) is 10.0 Å². The Morgan fingerprint density at radius 2 is 2.14 bits per heavy atom. The molecule has 2 heterocycles. The van der Waals surface area contributed by atoms with Crippen LogP contribution in [0.5, 0.6) is 0 Å². The van der Waals surface area contributed by atoms with E-state index in [1.54, 1.807) is 34.8 Å². The fraction of sp³-hybridized carbons (Fsp3) is 0.400. The van der Waals surface area contributed by atoms with Crippen molar-refractivity contribution in [3.05, 3.63) is 36.5 Å². The molecule has 0 saturated carbocycles. The van der Waals surface area contributed by atoms with Gasteiger partial charge in [-0.05, 0) is 42.6 Å². The predicted octanol–water partition coefficient (Wildman–Crippen LogP) is 1.59. The van der Waals surface area contributed by atoms with Crippen LogP contribution >= 0.6 is 0 Å². The van der Waals surface area contributed by atoms with E-state index in [0.717, 1.165) is 6.42 Å². The standard InChI is InChI=1S/C15H19N3O2S/c1-15(10-16)7-9-18(11-15)21(19,20)14-6-2-5-13-12(14)4-3-8-17-13/h2-6,8H,7,9-11,16H2,1H3. The van der Waals surface area contributed by atoms with Crippen molar-refractivity contribution in [1.82, 2.24) is 9.29 Å². The minimum Gasteiger partial charge on any atom is -0.330 e. The summed E-state index contributed by atoms with van der Waals surface area (Å²) >= 11 is 0. The Bertz CT molecular complexity index is 770. The van der Waals surface area contributed by atoms with Gasteiger partial charge < -0.3 is 5.73 Å². The molecule has 2 aromatic rings. The number of fused-ring (bicyclic) bond motifs is 1. The second-order valence-electron chi connectivity index (χ2n) is 5.93. The maximum Gasteiger partial charge on any atom is 0.243 e. The van der Waals surface area contributed by atoms with Gasteiger partial charge in [-0.3, -0.25) is 4.98 Å². The molecule has 2 N–H and O–H groups in total. The molecule has 0 bridgehead atoms. The highest BCUT2D eigenvalue weighted by Gasteiger charge is 2.39. The predicted molar refractivity (Wildman–Crippen MR) is 82.3 cm³/mol. The van der Waals surface area contributed by atoms with Crippen LogP contribution in [0.2, 0.25) is 0 Å². The zero-order valence-electron chi connectivity index (χ0n) is 12.0. The number of rotatable bonds is 3. The van der Waals surface area contributed by atoms with Gasteiger partial charge in [0, 0.05) is 24.7 Å². The Kier molecular flexibility index (Phi) is 3.47. The number of pyridine rings is 1. The van der Waals surface area contributed by atoms with Gasteiger partial charge in [-0.15, -0.1) is 0 Å². The molecule has 1 unspecified atom stereocenters. The molecule has 0 amide bonds. The SMILES string of the molecule is CC1(CN)CCN(S(=O)(=O)c2cccc3ncccc23)C1. The van der Waals surface area contributed by atoms with Crippen molar-refractivity contribution in [2.75, 3.05) is 19.6 Å². The maximum absolute atomic E-state index is 12.9. The van der Waals surface area contributed by atoms with E-state index in [-0.39, 0.29) is 5.41 Å². The number of hydrogen-bond donors (Lipinski definition) is 1. The first-order valence-corrected chi connectivity index (χ1v) is 8.44. The maximum atomic E-state index is 12.9. The van der Waals surface area contributed by atoms with Gasteiger partial charge in [-0.25, -0.2) is 8.42 Å². The number of aromatic nitrogens is 1. The first-order chi connectivity index (χ1) is 9.96. The second kappa shape index (κ2) is 5.05. The zero-order valence-corrected chi connectivity index (χ0v) is 12.8. The van der Waals surface area contributed by atoms with Crippen LogP contribution in [0.4, 0.5) is 0 Å². The summed E-state index contributed by atoms with van der Waals surface area (Å²) in [5.74, 6) is 0. The van der Waals surface area contributed by atoms with Crippen LogP contribution in [-0.4, -0.2) is 37.3 Å². The third kappa shape index (κ3) is 2.43. The van der Waals surface area contributed by atoms with Crippen LogP contribution in [0, 0.1) is 5.41 Å². The topological polar surface area (TPSA) is 76.3 Å². The molecule has 1 aliphatic heterocycles. The van der Waals surface area contributed by atoms with E-state index in [4.69, 9.17) is 5.73 Å². The third-order valence-corrected chi connectivity index (χ3v) is 6.14. The lowest BCUT2D eigenvalue weighted by Crippen LogP contribution is -2.34. The third-order valence-electron chi connectivity index (χ3n) is 4.24. The molecule has 1 atom stereocenters. The van der Waals surface area contributed by atoms with E-state index < -0.39 is 10.0 Å². The number of hydrogen-bond acceptors (Lipinski definition) is 4. The molecule has 1 fully saturated rings. The lowest BCUT2D eigenvalue weighted by molar-refractivity contribution is 0.350. The minimum absolute atomic E-state index is 0.129. The van der Waals surface area contributed by atoms with Gasteiger partial charge >= 0.3 is 0 Å². The highest BCUT2D eigenvalue weighted by atomic mass is 32.2. The number of sulfonamides is 1. The van der Waals surface area contributed by atoms with Crippen LogP contribution in [0.1, 0.15) is 13.3 Å². The monoisotopic (exact) mass is 305 g/mol. The first kappa shape index (κ1) is 14.4. The summed E-state index contributed by atoms with van der Waals surface area (Å²) in [6, 6.07) is 8.77. The minimum atomic E-state index is -3.51. The number of nitrogens with two attached hydrogens (primary N) is 1. The lowest BCUT2D eigenvalue weighted by Gasteiger charge is -2.22. The van der Waals surface area contributed by atoms with Crippen molar-refractivity contribution in [2.45, 2.75) is 18.2 Å². The number of nitrogens with zero attached hydrogens (tertiary/aromatic N) is 2. The van der Waals surface area contributed by atoms with Crippen molar-refractivity contribution >= 4 is 20.9 Å². The van der Waals surface area contributed by atoms with E-state index in [2.05, 4.69) is 4.98 Å². The van der Waals surface area contributed by atoms with E-state index in [9.17, 15) is 8.42 Å². The summed E-state index contributed by atoms with van der Waals surface area (Å²) < 4.78 is 27.4. The highest BCUT2D eigenvalue weighted by molar-refractivity contribution is 7.89. The van der Waals surface area contributed by atoms with Gasteiger partial charge in [-0.1, -0.05) is 13.0 Å². The van der Waals surface area contributed by atoms with Crippen molar-refractivity contribution in [3.8, 4) is 0 Å². The molecule has 0 radical (unpaired) electrons. The van der Waals surface area contributed by atoms with Gasteiger partial charge in [0.15, 0.2) is 0 Å². The van der Waals surface area contributed by atoms with E-state index >= 15 is 0 Å². The molecule has 0 aliphatic carbocycles. The molecular formula is C15H19N3O2S. The molecule has 1 saturated heterocycles. The number of benzene rings is 1. The molecule has 1 aliphatic rings. The van der Waals surface area contributed by atoms with Gasteiger partial charge in [0.1, 0.15) is 0 Å². The summed E-state index contributed by atoms with van der Waals surface area (Å²) in [6.45, 7) is 3.53. The summed E-state index contributed by atoms with van der Waals surface area (Å²) in [4.78, 5) is 4.55. The summed E-state index contributed by atoms with van der Waals surface area (Å²) in [5, 5.41) is 0.668. The Hall–Kier alpha value is -1.50. The fourth-order valence-electron chi connectivity index (χ4n) is 2.79. The largest absolute Gasteiger partial charge is 0.330 e. The van der Waals surface area contributed by atoms with Gasteiger partial charge in [0.2, 0.25) is 10.0 Å². The molecule has 0 spiro atoms. The van der Waals surface area contributed by atoms with E-state index in [1.165, 1.54) is 0 Å². The smallest absolute Gasteiger partial charge is 0.243 e. The second-order valence-corrected chi connectivity index (χ2v) is 7.84. The fourth-order valence-corrected chi connectivity index (χ4v) is 4.58. The Labute approximate surface area is 124 Å². The summed E-state index contributed by atoms with van der Waals surface area (Å²) in [5.41, 5.74) is 6.34. The molecular weight excluding hydrogens is 286 g/mol. The van der Waals surface area contributed by atoms with Crippen LogP contribution in [0.15, 0.2) is 41.4 Å². The normalized spacial score (nSPS) is 23.7. The molecule has 1 aromatic heterocycles. The molecule has 6 heteroatoms. The summed E-state index contributed by atoms with van der Waals surface area (Å²) in [7, 11) is -3.51. The molecule has 112 valence electrons. The van der Waals surface area contributed by atoms with Gasteiger partial charge in [0.25, 0.3) is 0 Å².